The number of benzene rings is 1. The summed E-state index contributed by atoms with van der Waals surface area (Å²) in [6.07, 6.45) is 3.60. The molecule has 174 valence electrons. The Labute approximate surface area is 197 Å². The van der Waals surface area contributed by atoms with Gasteiger partial charge in [0.15, 0.2) is 5.82 Å². The summed E-state index contributed by atoms with van der Waals surface area (Å²) < 4.78 is 39.4. The van der Waals surface area contributed by atoms with E-state index in [1.807, 2.05) is 19.4 Å². The van der Waals surface area contributed by atoms with Crippen LogP contribution in [0.2, 0.25) is 5.02 Å². The first kappa shape index (κ1) is 23.7. The normalized spacial score (nSPS) is 14.0. The minimum absolute atomic E-state index is 0.242. The van der Waals surface area contributed by atoms with Gasteiger partial charge in [0.05, 0.1) is 11.8 Å². The van der Waals surface area contributed by atoms with Gasteiger partial charge in [0, 0.05) is 17.2 Å². The van der Waals surface area contributed by atoms with Crippen LogP contribution < -0.4 is 15.9 Å². The minimum atomic E-state index is -4.46. The minimum Gasteiger partial charge on any atom is -0.324 e. The number of nitrogens with zero attached hydrogens (tertiary/aromatic N) is 3. The Balaban J connectivity index is 1.59. The summed E-state index contributed by atoms with van der Waals surface area (Å²) >= 11 is 6.28. The number of hydrogen-bond donors (Lipinski definition) is 2. The molecule has 2 N–H and O–H groups in total. The third kappa shape index (κ3) is 5.74. The maximum absolute atomic E-state index is 13.1. The fourth-order valence-corrected chi connectivity index (χ4v) is 4.86. The molecule has 3 aromatic rings. The van der Waals surface area contributed by atoms with Crippen molar-refractivity contribution in [3.8, 4) is 0 Å². The van der Waals surface area contributed by atoms with E-state index in [1.165, 1.54) is 36.6 Å². The molecule has 0 fully saturated rings. The van der Waals surface area contributed by atoms with Crippen molar-refractivity contribution in [2.24, 2.45) is 0 Å². The van der Waals surface area contributed by atoms with E-state index in [1.54, 1.807) is 0 Å². The zero-order chi connectivity index (χ0) is 23.6. The van der Waals surface area contributed by atoms with E-state index in [4.69, 9.17) is 11.6 Å². The molecule has 33 heavy (non-hydrogen) atoms. The van der Waals surface area contributed by atoms with Crippen LogP contribution in [0.4, 0.5) is 36.4 Å². The molecule has 0 aliphatic heterocycles. The van der Waals surface area contributed by atoms with Crippen LogP contribution in [0.1, 0.15) is 36.0 Å². The van der Waals surface area contributed by atoms with E-state index >= 15 is 0 Å². The molecule has 0 bridgehead atoms. The van der Waals surface area contributed by atoms with Crippen molar-refractivity contribution < 1.29 is 13.2 Å². The predicted molar refractivity (Wildman–Crippen MR) is 129 cm³/mol. The molecule has 0 radical (unpaired) electrons. The van der Waals surface area contributed by atoms with E-state index in [2.05, 4.69) is 37.7 Å². The second-order valence-corrected chi connectivity index (χ2v) is 10.8. The zero-order valence-corrected chi connectivity index (χ0v) is 20.0. The van der Waals surface area contributed by atoms with E-state index in [-0.39, 0.29) is 10.8 Å². The highest BCUT2D eigenvalue weighted by molar-refractivity contribution is 7.64. The van der Waals surface area contributed by atoms with Gasteiger partial charge in [-0.15, -0.1) is 0 Å². The second-order valence-electron chi connectivity index (χ2n) is 8.17. The van der Waals surface area contributed by atoms with Crippen molar-refractivity contribution >= 4 is 48.1 Å². The van der Waals surface area contributed by atoms with Crippen LogP contribution in [-0.2, 0) is 19.0 Å². The summed E-state index contributed by atoms with van der Waals surface area (Å²) in [6, 6.07) is 7.40. The Morgan fingerprint density at radius 1 is 0.909 bits per heavy atom. The van der Waals surface area contributed by atoms with Gasteiger partial charge in [-0.2, -0.15) is 18.2 Å². The first-order chi connectivity index (χ1) is 15.7. The lowest BCUT2D eigenvalue weighted by Gasteiger charge is -2.17. The summed E-state index contributed by atoms with van der Waals surface area (Å²) in [7, 11) is -0.867. The maximum atomic E-state index is 13.1. The Hall–Kier alpha value is -2.44. The number of fused-ring (bicyclic) bond motifs is 1. The van der Waals surface area contributed by atoms with Gasteiger partial charge in [0.25, 0.3) is 0 Å². The number of rotatable bonds is 5. The molecule has 10 heteroatoms. The Morgan fingerprint density at radius 2 is 1.67 bits per heavy atom. The summed E-state index contributed by atoms with van der Waals surface area (Å²) in [5.74, 6) is 0.907. The maximum Gasteiger partial charge on any atom is 0.417 e. The number of hydrogen-bond acceptors (Lipinski definition) is 5. The smallest absolute Gasteiger partial charge is 0.324 e. The quantitative estimate of drug-likeness (QED) is 0.307. The summed E-state index contributed by atoms with van der Waals surface area (Å²) in [5, 5.41) is 6.93. The molecule has 0 saturated heterocycles. The Kier molecular flexibility index (Phi) is 7.05. The van der Waals surface area contributed by atoms with Crippen molar-refractivity contribution in [1.82, 2.24) is 15.0 Å². The SMILES string of the molecule is CP(C)c1cc(C(F)(F)F)cnc1Nc1nc(Nc2ccc3c(c2)CCCCC3)ncc1Cl. The van der Waals surface area contributed by atoms with Crippen LogP contribution in [0.25, 0.3) is 0 Å². The molecular formula is C23H24ClF3N5P. The molecule has 1 aromatic carbocycles. The van der Waals surface area contributed by atoms with Crippen LogP contribution in [0.5, 0.6) is 0 Å². The molecule has 0 unspecified atom stereocenters. The molecule has 0 spiro atoms. The van der Waals surface area contributed by atoms with Crippen molar-refractivity contribution in [2.75, 3.05) is 24.0 Å². The largest absolute Gasteiger partial charge is 0.417 e. The predicted octanol–water partition coefficient (Wildman–Crippen LogP) is 6.67. The first-order valence-electron chi connectivity index (χ1n) is 10.6. The number of pyridine rings is 1. The molecule has 4 rings (SSSR count). The van der Waals surface area contributed by atoms with Crippen molar-refractivity contribution in [2.45, 2.75) is 38.3 Å². The van der Waals surface area contributed by atoms with Gasteiger partial charge < -0.3 is 10.6 Å². The number of anilines is 4. The molecule has 2 heterocycles. The fraction of sp³-hybridized carbons (Fsp3) is 0.348. The topological polar surface area (TPSA) is 62.7 Å². The molecule has 5 nitrogen and oxygen atoms in total. The van der Waals surface area contributed by atoms with Gasteiger partial charge in [-0.25, -0.2) is 9.97 Å². The molecule has 0 amide bonds. The Morgan fingerprint density at radius 3 is 2.39 bits per heavy atom. The third-order valence-electron chi connectivity index (χ3n) is 5.51. The third-order valence-corrected chi connectivity index (χ3v) is 7.09. The van der Waals surface area contributed by atoms with Crippen LogP contribution in [0, 0.1) is 0 Å². The number of aryl methyl sites for hydroxylation is 2. The summed E-state index contributed by atoms with van der Waals surface area (Å²) in [4.78, 5) is 12.7. The monoisotopic (exact) mass is 493 g/mol. The molecule has 2 aromatic heterocycles. The van der Waals surface area contributed by atoms with Crippen LogP contribution >= 0.6 is 19.5 Å². The van der Waals surface area contributed by atoms with Crippen molar-refractivity contribution in [1.29, 1.82) is 0 Å². The second kappa shape index (κ2) is 9.82. The van der Waals surface area contributed by atoms with Gasteiger partial charge in [-0.05, 0) is 68.3 Å². The van der Waals surface area contributed by atoms with Crippen LogP contribution in [0.3, 0.4) is 0 Å². The molecule has 1 aliphatic rings. The average molecular weight is 494 g/mol. The molecule has 0 saturated carbocycles. The fourth-order valence-electron chi connectivity index (χ4n) is 3.79. The van der Waals surface area contributed by atoms with E-state index in [9.17, 15) is 13.2 Å². The number of halogens is 4. The highest BCUT2D eigenvalue weighted by Crippen LogP contribution is 2.35. The average Bonchev–Trinajstić information content (AvgIpc) is 3.00. The van der Waals surface area contributed by atoms with Crippen LogP contribution in [0.15, 0.2) is 36.7 Å². The lowest BCUT2D eigenvalue weighted by Crippen LogP contribution is -2.16. The summed E-state index contributed by atoms with van der Waals surface area (Å²) in [5.41, 5.74) is 2.82. The first-order valence-corrected chi connectivity index (χ1v) is 13.2. The van der Waals surface area contributed by atoms with Gasteiger partial charge in [-0.1, -0.05) is 32.0 Å². The molecular weight excluding hydrogens is 470 g/mol. The number of nitrogens with one attached hydrogen (secondary N) is 2. The highest BCUT2D eigenvalue weighted by Gasteiger charge is 2.32. The van der Waals surface area contributed by atoms with Crippen molar-refractivity contribution in [3.05, 3.63) is 58.4 Å². The number of alkyl halides is 3. The van der Waals surface area contributed by atoms with Gasteiger partial charge in [-0.3, -0.25) is 0 Å². The van der Waals surface area contributed by atoms with Crippen molar-refractivity contribution in [3.63, 3.8) is 0 Å². The standard InChI is InChI=1S/C23H24ClF3N5P/c1-33(2)19-11-16(23(25,26)27)12-28-21(19)31-20-18(24)13-29-22(32-20)30-17-9-8-14-6-4-3-5-7-15(14)10-17/h8-13H,3-7H2,1-2H3,(H2,28,29,30,31,32). The lowest BCUT2D eigenvalue weighted by atomic mass is 10.0. The molecule has 1 aliphatic carbocycles. The Bertz CT molecular complexity index is 1150. The van der Waals surface area contributed by atoms with Crippen LogP contribution in [-0.4, -0.2) is 28.3 Å². The van der Waals surface area contributed by atoms with E-state index in [0.29, 0.717) is 17.1 Å². The van der Waals surface area contributed by atoms with E-state index in [0.717, 1.165) is 30.8 Å². The summed E-state index contributed by atoms with van der Waals surface area (Å²) in [6.45, 7) is 3.73. The van der Waals surface area contributed by atoms with E-state index < -0.39 is 19.7 Å². The van der Waals surface area contributed by atoms with Gasteiger partial charge in [0.1, 0.15) is 10.8 Å². The zero-order valence-electron chi connectivity index (χ0n) is 18.3. The number of aromatic nitrogens is 3. The highest BCUT2D eigenvalue weighted by atomic mass is 35.5. The van der Waals surface area contributed by atoms with Gasteiger partial charge in [0.2, 0.25) is 5.95 Å². The lowest BCUT2D eigenvalue weighted by molar-refractivity contribution is -0.137. The molecule has 0 atom stereocenters. The van der Waals surface area contributed by atoms with Gasteiger partial charge >= 0.3 is 6.18 Å².